The van der Waals surface area contributed by atoms with Crippen molar-refractivity contribution in [2.24, 2.45) is 5.92 Å². The monoisotopic (exact) mass is 281 g/mol. The summed E-state index contributed by atoms with van der Waals surface area (Å²) < 4.78 is 0. The fourth-order valence-corrected chi connectivity index (χ4v) is 3.24. The number of hydrogen-bond acceptors (Lipinski definition) is 3. The fraction of sp³-hybridized carbons (Fsp3) is 0.733. The molecule has 2 rings (SSSR count). The van der Waals surface area contributed by atoms with Gasteiger partial charge in [-0.3, -0.25) is 0 Å². The third-order valence-corrected chi connectivity index (χ3v) is 4.40. The quantitative estimate of drug-likeness (QED) is 0.648. The maximum atomic E-state index is 6.22. The van der Waals surface area contributed by atoms with Crippen molar-refractivity contribution in [1.29, 1.82) is 0 Å². The van der Waals surface area contributed by atoms with E-state index in [1.165, 1.54) is 32.1 Å². The Balaban J connectivity index is 2.20. The molecule has 0 amide bonds. The Morgan fingerprint density at radius 3 is 2.68 bits per heavy atom. The zero-order valence-corrected chi connectivity index (χ0v) is 12.9. The Kier molecular flexibility index (Phi) is 5.03. The molecule has 1 aliphatic carbocycles. The standard InChI is InChI=1S/C15H24ClN3/c1-10(2)13-14(16)17-9-18-15(13)19-12-8-6-4-5-7-11(12)3/h9-12H,4-8H2,1-3H3,(H,17,18,19). The van der Waals surface area contributed by atoms with E-state index in [4.69, 9.17) is 11.6 Å². The van der Waals surface area contributed by atoms with Crippen LogP contribution in [0.25, 0.3) is 0 Å². The maximum absolute atomic E-state index is 6.22. The van der Waals surface area contributed by atoms with Gasteiger partial charge in [-0.1, -0.05) is 51.6 Å². The molecular formula is C15H24ClN3. The number of anilines is 1. The number of nitrogens with one attached hydrogen (secondary N) is 1. The lowest BCUT2D eigenvalue weighted by atomic mass is 9.96. The van der Waals surface area contributed by atoms with Gasteiger partial charge in [-0.25, -0.2) is 9.97 Å². The number of halogens is 1. The topological polar surface area (TPSA) is 37.8 Å². The first-order chi connectivity index (χ1) is 9.09. The maximum Gasteiger partial charge on any atom is 0.138 e. The molecule has 19 heavy (non-hydrogen) atoms. The summed E-state index contributed by atoms with van der Waals surface area (Å²) in [5.41, 5.74) is 1.04. The summed E-state index contributed by atoms with van der Waals surface area (Å²) in [7, 11) is 0. The highest BCUT2D eigenvalue weighted by Crippen LogP contribution is 2.31. The highest BCUT2D eigenvalue weighted by atomic mass is 35.5. The zero-order chi connectivity index (χ0) is 13.8. The molecule has 1 aromatic rings. The molecule has 106 valence electrons. The Morgan fingerprint density at radius 1 is 1.21 bits per heavy atom. The predicted molar refractivity (Wildman–Crippen MR) is 80.8 cm³/mol. The molecule has 0 aliphatic heterocycles. The van der Waals surface area contributed by atoms with E-state index in [9.17, 15) is 0 Å². The van der Waals surface area contributed by atoms with Gasteiger partial charge in [-0.05, 0) is 24.7 Å². The van der Waals surface area contributed by atoms with Gasteiger partial charge in [0.15, 0.2) is 0 Å². The molecule has 1 N–H and O–H groups in total. The first kappa shape index (κ1) is 14.6. The van der Waals surface area contributed by atoms with E-state index in [1.807, 2.05) is 0 Å². The molecule has 4 heteroatoms. The molecule has 1 heterocycles. The van der Waals surface area contributed by atoms with Crippen molar-refractivity contribution in [1.82, 2.24) is 9.97 Å². The van der Waals surface area contributed by atoms with Crippen molar-refractivity contribution in [2.75, 3.05) is 5.32 Å². The van der Waals surface area contributed by atoms with Gasteiger partial charge in [0.25, 0.3) is 0 Å². The van der Waals surface area contributed by atoms with E-state index in [0.29, 0.717) is 23.0 Å². The van der Waals surface area contributed by atoms with Gasteiger partial charge in [0, 0.05) is 11.6 Å². The van der Waals surface area contributed by atoms with Crippen LogP contribution in [0.4, 0.5) is 5.82 Å². The van der Waals surface area contributed by atoms with Crippen LogP contribution in [0.3, 0.4) is 0 Å². The van der Waals surface area contributed by atoms with Gasteiger partial charge in [-0.2, -0.15) is 0 Å². The molecule has 0 saturated heterocycles. The van der Waals surface area contributed by atoms with Gasteiger partial charge >= 0.3 is 0 Å². The molecule has 2 unspecified atom stereocenters. The van der Waals surface area contributed by atoms with Crippen molar-refractivity contribution in [2.45, 2.75) is 64.8 Å². The molecule has 0 spiro atoms. The third-order valence-electron chi connectivity index (χ3n) is 4.10. The summed E-state index contributed by atoms with van der Waals surface area (Å²) in [6.45, 7) is 6.60. The van der Waals surface area contributed by atoms with Crippen LogP contribution in [-0.2, 0) is 0 Å². The second kappa shape index (κ2) is 6.56. The number of hydrogen-bond donors (Lipinski definition) is 1. The van der Waals surface area contributed by atoms with Crippen LogP contribution in [0, 0.1) is 5.92 Å². The summed E-state index contributed by atoms with van der Waals surface area (Å²) in [5.74, 6) is 1.95. The van der Waals surface area contributed by atoms with Crippen molar-refractivity contribution >= 4 is 17.4 Å². The Labute approximate surface area is 121 Å². The van der Waals surface area contributed by atoms with E-state index < -0.39 is 0 Å². The van der Waals surface area contributed by atoms with E-state index >= 15 is 0 Å². The molecule has 1 aliphatic rings. The molecule has 1 fully saturated rings. The molecule has 0 radical (unpaired) electrons. The summed E-state index contributed by atoms with van der Waals surface area (Å²) in [5, 5.41) is 4.20. The van der Waals surface area contributed by atoms with Crippen molar-refractivity contribution in [3.63, 3.8) is 0 Å². The lowest BCUT2D eigenvalue weighted by molar-refractivity contribution is 0.455. The summed E-state index contributed by atoms with van der Waals surface area (Å²) >= 11 is 6.22. The SMILES string of the molecule is CC(C)c1c(Cl)ncnc1NC1CCCCCC1C. The minimum Gasteiger partial charge on any atom is -0.367 e. The lowest BCUT2D eigenvalue weighted by Crippen LogP contribution is -2.27. The molecule has 1 aromatic heterocycles. The van der Waals surface area contributed by atoms with Crippen LogP contribution in [0.2, 0.25) is 5.15 Å². The van der Waals surface area contributed by atoms with Crippen LogP contribution < -0.4 is 5.32 Å². The van der Waals surface area contributed by atoms with Crippen molar-refractivity contribution < 1.29 is 0 Å². The van der Waals surface area contributed by atoms with Crippen molar-refractivity contribution in [3.8, 4) is 0 Å². The fourth-order valence-electron chi connectivity index (χ4n) is 2.88. The predicted octanol–water partition coefficient (Wildman–Crippen LogP) is 4.63. The van der Waals surface area contributed by atoms with Crippen LogP contribution in [-0.4, -0.2) is 16.0 Å². The van der Waals surface area contributed by atoms with Crippen LogP contribution in [0.1, 0.15) is 64.4 Å². The number of rotatable bonds is 3. The van der Waals surface area contributed by atoms with Gasteiger partial charge in [-0.15, -0.1) is 0 Å². The molecular weight excluding hydrogens is 258 g/mol. The van der Waals surface area contributed by atoms with Crippen LogP contribution >= 0.6 is 11.6 Å². The molecule has 0 bridgehead atoms. The van der Waals surface area contributed by atoms with E-state index in [2.05, 4.69) is 36.1 Å². The Hall–Kier alpha value is -0.830. The minimum atomic E-state index is 0.331. The molecule has 2 atom stereocenters. The van der Waals surface area contributed by atoms with E-state index in [1.54, 1.807) is 6.33 Å². The van der Waals surface area contributed by atoms with E-state index in [0.717, 1.165) is 11.4 Å². The van der Waals surface area contributed by atoms with Crippen molar-refractivity contribution in [3.05, 3.63) is 17.0 Å². The number of aromatic nitrogens is 2. The molecule has 0 aromatic carbocycles. The Morgan fingerprint density at radius 2 is 1.95 bits per heavy atom. The second-order valence-electron chi connectivity index (χ2n) is 5.95. The zero-order valence-electron chi connectivity index (χ0n) is 12.1. The first-order valence-corrected chi connectivity index (χ1v) is 7.74. The van der Waals surface area contributed by atoms with E-state index in [-0.39, 0.29) is 0 Å². The summed E-state index contributed by atoms with van der Waals surface area (Å²) in [6, 6.07) is 0.506. The normalized spacial score (nSPS) is 24.3. The van der Waals surface area contributed by atoms with Gasteiger partial charge in [0.05, 0.1) is 0 Å². The van der Waals surface area contributed by atoms with Crippen LogP contribution in [0.5, 0.6) is 0 Å². The smallest absolute Gasteiger partial charge is 0.138 e. The minimum absolute atomic E-state index is 0.331. The third kappa shape index (κ3) is 3.59. The van der Waals surface area contributed by atoms with Crippen LogP contribution in [0.15, 0.2) is 6.33 Å². The highest BCUT2D eigenvalue weighted by molar-refractivity contribution is 6.30. The molecule has 1 saturated carbocycles. The second-order valence-corrected chi connectivity index (χ2v) is 6.31. The molecule has 3 nitrogen and oxygen atoms in total. The summed E-state index contributed by atoms with van der Waals surface area (Å²) in [6.07, 6.45) is 8.08. The highest BCUT2D eigenvalue weighted by Gasteiger charge is 2.22. The van der Waals surface area contributed by atoms with Gasteiger partial charge in [0.2, 0.25) is 0 Å². The number of nitrogens with zero attached hydrogens (tertiary/aromatic N) is 2. The Bertz CT molecular complexity index is 420. The van der Waals surface area contributed by atoms with Gasteiger partial charge < -0.3 is 5.32 Å². The lowest BCUT2D eigenvalue weighted by Gasteiger charge is -2.25. The van der Waals surface area contributed by atoms with Gasteiger partial charge in [0.1, 0.15) is 17.3 Å². The first-order valence-electron chi connectivity index (χ1n) is 7.36. The largest absolute Gasteiger partial charge is 0.367 e. The average molecular weight is 282 g/mol. The summed E-state index contributed by atoms with van der Waals surface area (Å²) in [4.78, 5) is 8.52. The average Bonchev–Trinajstić information content (AvgIpc) is 2.54.